The summed E-state index contributed by atoms with van der Waals surface area (Å²) in [6, 6.07) is 4.16. The Hall–Kier alpha value is -1.15. The van der Waals surface area contributed by atoms with Gasteiger partial charge in [-0.3, -0.25) is 4.79 Å². The van der Waals surface area contributed by atoms with Gasteiger partial charge in [0.25, 0.3) is 0 Å². The molecule has 18 heavy (non-hydrogen) atoms. The van der Waals surface area contributed by atoms with E-state index in [1.165, 1.54) is 5.56 Å². The van der Waals surface area contributed by atoms with Gasteiger partial charge in [0, 0.05) is 6.42 Å². The molecule has 0 saturated heterocycles. The largest absolute Gasteiger partial charge is 0.381 e. The Bertz CT molecular complexity index is 430. The molecule has 0 aliphatic rings. The molecular formula is C16H24O2. The number of aliphatic hydroxyl groups is 1. The highest BCUT2D eigenvalue weighted by molar-refractivity contribution is 5.84. The van der Waals surface area contributed by atoms with Gasteiger partial charge in [0.2, 0.25) is 0 Å². The molecular weight excluding hydrogens is 224 g/mol. The molecule has 0 bridgehead atoms. The van der Waals surface area contributed by atoms with Crippen LogP contribution < -0.4 is 0 Å². The molecule has 0 radical (unpaired) electrons. The minimum Gasteiger partial charge on any atom is -0.381 e. The van der Waals surface area contributed by atoms with Crippen molar-refractivity contribution in [3.05, 3.63) is 34.4 Å². The second-order valence-corrected chi connectivity index (χ2v) is 6.00. The molecule has 1 rings (SSSR count). The quantitative estimate of drug-likeness (QED) is 0.887. The van der Waals surface area contributed by atoms with Crippen molar-refractivity contribution in [1.29, 1.82) is 0 Å². The lowest BCUT2D eigenvalue weighted by atomic mass is 9.82. The number of hydrogen-bond donors (Lipinski definition) is 1. The van der Waals surface area contributed by atoms with Crippen molar-refractivity contribution >= 4 is 5.78 Å². The summed E-state index contributed by atoms with van der Waals surface area (Å²) in [6.07, 6.45) is -0.620. The molecule has 0 fully saturated rings. The molecule has 2 nitrogen and oxygen atoms in total. The number of carbonyl (C=O) groups is 1. The highest BCUT2D eigenvalue weighted by atomic mass is 16.3. The Balaban J connectivity index is 3.29. The zero-order chi connectivity index (χ0) is 14.1. The topological polar surface area (TPSA) is 37.3 Å². The Morgan fingerprint density at radius 2 is 1.67 bits per heavy atom. The van der Waals surface area contributed by atoms with Gasteiger partial charge in [-0.15, -0.1) is 0 Å². The third-order valence-corrected chi connectivity index (χ3v) is 3.39. The highest BCUT2D eigenvalue weighted by Crippen LogP contribution is 2.30. The number of hydrogen-bond acceptors (Lipinski definition) is 2. The van der Waals surface area contributed by atoms with Gasteiger partial charge in [0.05, 0.1) is 0 Å². The number of ketones is 1. The van der Waals surface area contributed by atoms with Crippen LogP contribution in [0.4, 0.5) is 0 Å². The van der Waals surface area contributed by atoms with Gasteiger partial charge in [0.15, 0.2) is 5.78 Å². The average Bonchev–Trinajstić information content (AvgIpc) is 2.25. The van der Waals surface area contributed by atoms with Crippen LogP contribution in [-0.4, -0.2) is 10.9 Å². The fourth-order valence-corrected chi connectivity index (χ4v) is 2.19. The van der Waals surface area contributed by atoms with Gasteiger partial charge in [-0.05, 0) is 41.5 Å². The zero-order valence-electron chi connectivity index (χ0n) is 12.3. The van der Waals surface area contributed by atoms with E-state index in [4.69, 9.17) is 0 Å². The first-order chi connectivity index (χ1) is 8.18. The van der Waals surface area contributed by atoms with Gasteiger partial charge >= 0.3 is 0 Å². The molecule has 0 aromatic heterocycles. The summed E-state index contributed by atoms with van der Waals surface area (Å²) in [4.78, 5) is 11.6. The number of Topliss-reactive ketones (excluding diaryl/α,β-unsaturated/α-hetero) is 1. The maximum absolute atomic E-state index is 11.6. The maximum Gasteiger partial charge on any atom is 0.165 e. The predicted molar refractivity (Wildman–Crippen MR) is 74.9 cm³/mol. The van der Waals surface area contributed by atoms with Crippen LogP contribution in [-0.2, 0) is 10.2 Å². The zero-order valence-corrected chi connectivity index (χ0v) is 12.3. The minimum absolute atomic E-state index is 0.0772. The average molecular weight is 248 g/mol. The standard InChI is InChI=1S/C16H24O2/c1-7-13(17)15(18)14-10(2)8-12(9-11(14)3)16(4,5)6/h8-9,15,18H,7H2,1-6H3. The lowest BCUT2D eigenvalue weighted by molar-refractivity contribution is -0.127. The fraction of sp³-hybridized carbons (Fsp3) is 0.562. The number of benzene rings is 1. The number of aryl methyl sites for hydroxylation is 2. The van der Waals surface area contributed by atoms with E-state index >= 15 is 0 Å². The van der Waals surface area contributed by atoms with Gasteiger partial charge in [-0.2, -0.15) is 0 Å². The monoisotopic (exact) mass is 248 g/mol. The molecule has 1 unspecified atom stereocenters. The normalized spacial score (nSPS) is 13.5. The summed E-state index contributed by atoms with van der Waals surface area (Å²) in [7, 11) is 0. The fourth-order valence-electron chi connectivity index (χ4n) is 2.19. The van der Waals surface area contributed by atoms with Crippen molar-refractivity contribution in [2.75, 3.05) is 0 Å². The summed E-state index contributed by atoms with van der Waals surface area (Å²) in [5, 5.41) is 10.1. The Morgan fingerprint density at radius 1 is 1.22 bits per heavy atom. The molecule has 100 valence electrons. The van der Waals surface area contributed by atoms with Crippen molar-refractivity contribution in [1.82, 2.24) is 0 Å². The molecule has 1 aromatic carbocycles. The van der Waals surface area contributed by atoms with E-state index in [2.05, 4.69) is 32.9 Å². The van der Waals surface area contributed by atoms with Crippen molar-refractivity contribution in [3.63, 3.8) is 0 Å². The first-order valence-corrected chi connectivity index (χ1v) is 6.51. The van der Waals surface area contributed by atoms with Gasteiger partial charge in [-0.1, -0.05) is 39.8 Å². The van der Waals surface area contributed by atoms with E-state index in [1.54, 1.807) is 6.92 Å². The second kappa shape index (κ2) is 5.23. The van der Waals surface area contributed by atoms with E-state index in [0.29, 0.717) is 6.42 Å². The number of carbonyl (C=O) groups excluding carboxylic acids is 1. The summed E-state index contributed by atoms with van der Waals surface area (Å²) in [5.41, 5.74) is 4.07. The van der Waals surface area contributed by atoms with Gasteiger partial charge in [-0.25, -0.2) is 0 Å². The predicted octanol–water partition coefficient (Wildman–Crippen LogP) is 3.61. The third kappa shape index (κ3) is 2.99. The molecule has 0 heterocycles. The van der Waals surface area contributed by atoms with E-state index in [1.807, 2.05) is 13.8 Å². The van der Waals surface area contributed by atoms with Crippen LogP contribution in [0.5, 0.6) is 0 Å². The Labute approximate surface area is 110 Å². The van der Waals surface area contributed by atoms with Crippen LogP contribution in [0.25, 0.3) is 0 Å². The van der Waals surface area contributed by atoms with Crippen LogP contribution in [0.3, 0.4) is 0 Å². The van der Waals surface area contributed by atoms with E-state index in [0.717, 1.165) is 16.7 Å². The first kappa shape index (κ1) is 14.9. The van der Waals surface area contributed by atoms with E-state index in [-0.39, 0.29) is 11.2 Å². The van der Waals surface area contributed by atoms with E-state index < -0.39 is 6.10 Å². The minimum atomic E-state index is -0.982. The van der Waals surface area contributed by atoms with Crippen molar-refractivity contribution in [2.24, 2.45) is 0 Å². The van der Waals surface area contributed by atoms with Crippen LogP contribution >= 0.6 is 0 Å². The van der Waals surface area contributed by atoms with Crippen LogP contribution in [0.2, 0.25) is 0 Å². The molecule has 1 aromatic rings. The van der Waals surface area contributed by atoms with Gasteiger partial charge in [0.1, 0.15) is 6.10 Å². The van der Waals surface area contributed by atoms with E-state index in [9.17, 15) is 9.90 Å². The first-order valence-electron chi connectivity index (χ1n) is 6.51. The number of aliphatic hydroxyl groups excluding tert-OH is 1. The molecule has 1 N–H and O–H groups in total. The smallest absolute Gasteiger partial charge is 0.165 e. The summed E-state index contributed by atoms with van der Waals surface area (Å²) in [6.45, 7) is 12.2. The Morgan fingerprint density at radius 3 is 2.00 bits per heavy atom. The van der Waals surface area contributed by atoms with Crippen molar-refractivity contribution in [3.8, 4) is 0 Å². The third-order valence-electron chi connectivity index (χ3n) is 3.39. The van der Waals surface area contributed by atoms with Crippen LogP contribution in [0.1, 0.15) is 62.5 Å². The van der Waals surface area contributed by atoms with Crippen molar-refractivity contribution in [2.45, 2.75) is 59.5 Å². The summed E-state index contributed by atoms with van der Waals surface area (Å²) >= 11 is 0. The Kier molecular flexibility index (Phi) is 4.33. The maximum atomic E-state index is 11.6. The van der Waals surface area contributed by atoms with Crippen LogP contribution in [0.15, 0.2) is 12.1 Å². The summed E-state index contributed by atoms with van der Waals surface area (Å²) < 4.78 is 0. The molecule has 0 aliphatic heterocycles. The number of rotatable bonds is 3. The molecule has 0 amide bonds. The molecule has 1 atom stereocenters. The molecule has 0 aliphatic carbocycles. The highest BCUT2D eigenvalue weighted by Gasteiger charge is 2.22. The lowest BCUT2D eigenvalue weighted by Gasteiger charge is -2.23. The van der Waals surface area contributed by atoms with Crippen LogP contribution in [0, 0.1) is 13.8 Å². The molecule has 0 saturated carbocycles. The van der Waals surface area contributed by atoms with Gasteiger partial charge < -0.3 is 5.11 Å². The molecule has 0 spiro atoms. The SMILES string of the molecule is CCC(=O)C(O)c1c(C)cc(C(C)(C)C)cc1C. The second-order valence-electron chi connectivity index (χ2n) is 6.00. The lowest BCUT2D eigenvalue weighted by Crippen LogP contribution is -2.16. The molecule has 2 heteroatoms. The summed E-state index contributed by atoms with van der Waals surface area (Å²) in [5.74, 6) is -0.121. The van der Waals surface area contributed by atoms with Crippen molar-refractivity contribution < 1.29 is 9.90 Å².